The standard InChI is InChI=1S/C26H25ClN4O6/c1-3-36-20-11-9-19(10-12-20)29-24(32)16-37-22-13-8-18(27)14-17(22)15-28-31-26(34)25(33)30-21-6-4-5-7-23(21)35-2/h4-15H,3,16H2,1-2H3,(H,29,32)(H,30,33)(H,31,34)/b28-15-. The number of para-hydroxylation sites is 2. The van der Waals surface area contributed by atoms with E-state index in [-0.39, 0.29) is 12.5 Å². The lowest BCUT2D eigenvalue weighted by molar-refractivity contribution is -0.136. The summed E-state index contributed by atoms with van der Waals surface area (Å²) in [4.78, 5) is 36.6. The van der Waals surface area contributed by atoms with Gasteiger partial charge in [-0.15, -0.1) is 0 Å². The van der Waals surface area contributed by atoms with Crippen molar-refractivity contribution in [2.24, 2.45) is 5.10 Å². The molecule has 0 atom stereocenters. The minimum Gasteiger partial charge on any atom is -0.495 e. The first-order chi connectivity index (χ1) is 17.9. The molecule has 0 saturated heterocycles. The summed E-state index contributed by atoms with van der Waals surface area (Å²) in [6, 6.07) is 18.3. The van der Waals surface area contributed by atoms with Gasteiger partial charge >= 0.3 is 11.8 Å². The van der Waals surface area contributed by atoms with E-state index in [1.54, 1.807) is 60.7 Å². The number of hydrogen-bond donors (Lipinski definition) is 3. The summed E-state index contributed by atoms with van der Waals surface area (Å²) in [6.45, 7) is 2.15. The third-order valence-electron chi connectivity index (χ3n) is 4.71. The number of halogens is 1. The van der Waals surface area contributed by atoms with Crippen LogP contribution in [0.5, 0.6) is 17.2 Å². The van der Waals surface area contributed by atoms with Crippen LogP contribution in [-0.4, -0.2) is 44.3 Å². The lowest BCUT2D eigenvalue weighted by atomic mass is 10.2. The summed E-state index contributed by atoms with van der Waals surface area (Å²) in [7, 11) is 1.45. The molecule has 0 fully saturated rings. The lowest BCUT2D eigenvalue weighted by Gasteiger charge is -2.11. The van der Waals surface area contributed by atoms with Gasteiger partial charge in [-0.2, -0.15) is 5.10 Å². The Balaban J connectivity index is 1.56. The third kappa shape index (κ3) is 8.25. The highest BCUT2D eigenvalue weighted by Crippen LogP contribution is 2.23. The molecule has 37 heavy (non-hydrogen) atoms. The van der Waals surface area contributed by atoms with Crippen LogP contribution in [0.4, 0.5) is 11.4 Å². The van der Waals surface area contributed by atoms with Crippen molar-refractivity contribution in [2.45, 2.75) is 6.92 Å². The Bertz CT molecular complexity index is 1280. The van der Waals surface area contributed by atoms with Gasteiger partial charge in [0, 0.05) is 16.3 Å². The van der Waals surface area contributed by atoms with E-state index in [1.807, 2.05) is 6.92 Å². The van der Waals surface area contributed by atoms with Gasteiger partial charge in [0.15, 0.2) is 6.61 Å². The molecule has 3 aromatic rings. The monoisotopic (exact) mass is 524 g/mol. The van der Waals surface area contributed by atoms with Gasteiger partial charge in [0.05, 0.1) is 25.6 Å². The number of hydrazone groups is 1. The van der Waals surface area contributed by atoms with Gasteiger partial charge in [-0.1, -0.05) is 23.7 Å². The van der Waals surface area contributed by atoms with Crippen LogP contribution in [-0.2, 0) is 14.4 Å². The Labute approximate surface area is 218 Å². The molecule has 0 aromatic heterocycles. The van der Waals surface area contributed by atoms with Gasteiger partial charge in [-0.3, -0.25) is 14.4 Å². The van der Waals surface area contributed by atoms with Crippen molar-refractivity contribution in [3.05, 3.63) is 77.3 Å². The van der Waals surface area contributed by atoms with Crippen molar-refractivity contribution in [2.75, 3.05) is 31.0 Å². The Morgan fingerprint density at radius 2 is 1.68 bits per heavy atom. The van der Waals surface area contributed by atoms with Crippen LogP contribution in [0.1, 0.15) is 12.5 Å². The first-order valence-corrected chi connectivity index (χ1v) is 11.5. The summed E-state index contributed by atoms with van der Waals surface area (Å²) in [5.74, 6) is -0.923. The molecule has 11 heteroatoms. The molecular formula is C26H25ClN4O6. The Morgan fingerprint density at radius 1 is 0.919 bits per heavy atom. The fraction of sp³-hybridized carbons (Fsp3) is 0.154. The number of hydrogen-bond acceptors (Lipinski definition) is 7. The van der Waals surface area contributed by atoms with Crippen LogP contribution in [0.15, 0.2) is 71.8 Å². The number of amides is 3. The summed E-state index contributed by atoms with van der Waals surface area (Å²) in [5, 5.41) is 9.35. The van der Waals surface area contributed by atoms with Gasteiger partial charge in [0.25, 0.3) is 5.91 Å². The number of carbonyl (C=O) groups excluding carboxylic acids is 3. The van der Waals surface area contributed by atoms with Crippen LogP contribution in [0.2, 0.25) is 5.02 Å². The molecule has 3 amide bonds. The van der Waals surface area contributed by atoms with E-state index in [0.29, 0.717) is 45.8 Å². The van der Waals surface area contributed by atoms with Gasteiger partial charge < -0.3 is 24.8 Å². The van der Waals surface area contributed by atoms with Crippen molar-refractivity contribution in [1.29, 1.82) is 0 Å². The van der Waals surface area contributed by atoms with Gasteiger partial charge in [0.2, 0.25) is 0 Å². The highest BCUT2D eigenvalue weighted by Gasteiger charge is 2.15. The topological polar surface area (TPSA) is 127 Å². The van der Waals surface area contributed by atoms with Crippen LogP contribution in [0, 0.1) is 0 Å². The minimum atomic E-state index is -0.999. The maximum Gasteiger partial charge on any atom is 0.329 e. The maximum atomic E-state index is 12.3. The van der Waals surface area contributed by atoms with E-state index < -0.39 is 11.8 Å². The lowest BCUT2D eigenvalue weighted by Crippen LogP contribution is -2.32. The SMILES string of the molecule is CCOc1ccc(NC(=O)COc2ccc(Cl)cc2/C=N\NC(=O)C(=O)Nc2ccccc2OC)cc1. The zero-order valence-electron chi connectivity index (χ0n) is 20.1. The van der Waals surface area contributed by atoms with Crippen LogP contribution < -0.4 is 30.3 Å². The first-order valence-electron chi connectivity index (χ1n) is 11.1. The Kier molecular flexibility index (Phi) is 9.86. The molecule has 3 aromatic carbocycles. The van der Waals surface area contributed by atoms with E-state index in [1.165, 1.54) is 19.4 Å². The summed E-state index contributed by atoms with van der Waals surface area (Å²) in [5.41, 5.74) is 3.44. The highest BCUT2D eigenvalue weighted by atomic mass is 35.5. The van der Waals surface area contributed by atoms with Crippen molar-refractivity contribution < 1.29 is 28.6 Å². The number of rotatable bonds is 10. The average Bonchev–Trinajstić information content (AvgIpc) is 2.89. The van der Waals surface area contributed by atoms with Crippen LogP contribution in [0.25, 0.3) is 0 Å². The quantitative estimate of drug-likeness (QED) is 0.210. The van der Waals surface area contributed by atoms with E-state index in [0.717, 1.165) is 0 Å². The molecule has 3 rings (SSSR count). The number of benzene rings is 3. The largest absolute Gasteiger partial charge is 0.495 e. The number of ether oxygens (including phenoxy) is 3. The van der Waals surface area contributed by atoms with Crippen molar-refractivity contribution in [3.8, 4) is 17.2 Å². The summed E-state index contributed by atoms with van der Waals surface area (Å²) < 4.78 is 16.1. The smallest absolute Gasteiger partial charge is 0.329 e. The summed E-state index contributed by atoms with van der Waals surface area (Å²) >= 11 is 6.06. The molecule has 0 heterocycles. The zero-order chi connectivity index (χ0) is 26.6. The van der Waals surface area contributed by atoms with Crippen molar-refractivity contribution >= 4 is 46.9 Å². The van der Waals surface area contributed by atoms with Gasteiger partial charge in [0.1, 0.15) is 17.2 Å². The average molecular weight is 525 g/mol. The fourth-order valence-electron chi connectivity index (χ4n) is 3.03. The predicted molar refractivity (Wildman–Crippen MR) is 141 cm³/mol. The molecule has 0 radical (unpaired) electrons. The minimum absolute atomic E-state index is 0.288. The molecule has 0 saturated carbocycles. The zero-order valence-corrected chi connectivity index (χ0v) is 20.9. The number of carbonyl (C=O) groups is 3. The number of nitrogens with one attached hydrogen (secondary N) is 3. The molecular weight excluding hydrogens is 500 g/mol. The molecule has 192 valence electrons. The first kappa shape index (κ1) is 27.0. The molecule has 0 unspecified atom stereocenters. The number of nitrogens with zero attached hydrogens (tertiary/aromatic N) is 1. The fourth-order valence-corrected chi connectivity index (χ4v) is 3.21. The van der Waals surface area contributed by atoms with Gasteiger partial charge in [-0.25, -0.2) is 5.43 Å². The van der Waals surface area contributed by atoms with E-state index in [4.69, 9.17) is 25.8 Å². The molecule has 0 bridgehead atoms. The van der Waals surface area contributed by atoms with Gasteiger partial charge in [-0.05, 0) is 61.5 Å². The molecule has 0 aliphatic heterocycles. The molecule has 0 aliphatic carbocycles. The number of methoxy groups -OCH3 is 1. The molecule has 10 nitrogen and oxygen atoms in total. The summed E-state index contributed by atoms with van der Waals surface area (Å²) in [6.07, 6.45) is 1.25. The molecule has 0 spiro atoms. The Morgan fingerprint density at radius 3 is 2.41 bits per heavy atom. The highest BCUT2D eigenvalue weighted by molar-refractivity contribution is 6.39. The normalized spacial score (nSPS) is 10.5. The Hall–Kier alpha value is -4.57. The third-order valence-corrected chi connectivity index (χ3v) is 4.95. The van der Waals surface area contributed by atoms with Crippen LogP contribution >= 0.6 is 11.6 Å². The second-order valence-electron chi connectivity index (χ2n) is 7.33. The van der Waals surface area contributed by atoms with Crippen LogP contribution in [0.3, 0.4) is 0 Å². The van der Waals surface area contributed by atoms with Crippen molar-refractivity contribution in [1.82, 2.24) is 5.43 Å². The predicted octanol–water partition coefficient (Wildman–Crippen LogP) is 3.85. The second kappa shape index (κ2) is 13.5. The van der Waals surface area contributed by atoms with E-state index >= 15 is 0 Å². The molecule has 0 aliphatic rings. The maximum absolute atomic E-state index is 12.3. The van der Waals surface area contributed by atoms with E-state index in [9.17, 15) is 14.4 Å². The van der Waals surface area contributed by atoms with E-state index in [2.05, 4.69) is 21.2 Å². The number of anilines is 2. The van der Waals surface area contributed by atoms with Crippen molar-refractivity contribution in [3.63, 3.8) is 0 Å². The molecule has 3 N–H and O–H groups in total. The second-order valence-corrected chi connectivity index (χ2v) is 7.77.